The molecule has 5 heteroatoms. The fraction of sp³-hybridized carbons (Fsp3) is 0.548. The number of nitrogens with zero attached hydrogens (tertiary/aromatic N) is 5. The van der Waals surface area contributed by atoms with Crippen molar-refractivity contribution in [3.05, 3.63) is 116 Å². The van der Waals surface area contributed by atoms with Gasteiger partial charge in [-0.05, 0) is 47.4 Å². The van der Waals surface area contributed by atoms with E-state index in [-0.39, 0.29) is 0 Å². The van der Waals surface area contributed by atoms with Crippen LogP contribution in [0.15, 0.2) is 110 Å². The number of pyridine rings is 1. The van der Waals surface area contributed by atoms with Gasteiger partial charge in [-0.3, -0.25) is 15.0 Å². The summed E-state index contributed by atoms with van der Waals surface area (Å²) in [6.45, 7) is 39.9. The summed E-state index contributed by atoms with van der Waals surface area (Å²) in [5, 5.41) is 0. The van der Waals surface area contributed by atoms with Crippen LogP contribution < -0.4 is 0 Å². The van der Waals surface area contributed by atoms with Crippen LogP contribution in [0.25, 0.3) is 0 Å². The lowest BCUT2D eigenvalue weighted by atomic mass is 10.0. The number of aromatic nitrogens is 5. The molecular formula is C42H79N5. The summed E-state index contributed by atoms with van der Waals surface area (Å²) in [6.07, 6.45) is 14.9. The first-order valence-corrected chi connectivity index (χ1v) is 17.8. The van der Waals surface area contributed by atoms with Crippen LogP contribution in [0, 0.1) is 17.8 Å². The van der Waals surface area contributed by atoms with E-state index < -0.39 is 0 Å². The average molecular weight is 654 g/mol. The minimum atomic E-state index is 0.659. The number of rotatable bonds is 1. The molecule has 0 fully saturated rings. The van der Waals surface area contributed by atoms with Crippen molar-refractivity contribution in [2.24, 2.45) is 17.8 Å². The molecule has 0 saturated carbocycles. The standard InChI is InChI=1S/C9H12.C5H5N.2C4H4N2.3C4H10.4C2H6/c1-8(2)9-6-4-3-5-7-9;1-2-4-6-5-3-1;1-2-6-4-3-5-1;1-2-5-4-6-3-1;3*1-4(2)3;4*1-2/h3-8H,1-2H3;1-5H;2*1-4H;3*4H,1-3H3;4*1-2H3. The highest BCUT2D eigenvalue weighted by molar-refractivity contribution is 5.17. The highest BCUT2D eigenvalue weighted by Gasteiger charge is 1.93. The summed E-state index contributed by atoms with van der Waals surface area (Å²) < 4.78 is 0. The molecule has 0 atom stereocenters. The van der Waals surface area contributed by atoms with Crippen molar-refractivity contribution in [1.29, 1.82) is 0 Å². The Morgan fingerprint density at radius 3 is 0.702 bits per heavy atom. The molecule has 0 bridgehead atoms. The molecule has 5 nitrogen and oxygen atoms in total. The molecule has 272 valence electrons. The van der Waals surface area contributed by atoms with Crippen LogP contribution in [0.3, 0.4) is 0 Å². The maximum atomic E-state index is 3.78. The lowest BCUT2D eigenvalue weighted by Crippen LogP contribution is -1.83. The van der Waals surface area contributed by atoms with Crippen molar-refractivity contribution < 1.29 is 0 Å². The molecule has 0 aliphatic rings. The molecule has 1 aromatic carbocycles. The Morgan fingerprint density at radius 2 is 0.574 bits per heavy atom. The smallest absolute Gasteiger partial charge is 0.115 e. The molecule has 0 saturated heterocycles. The molecule has 3 aromatic heterocycles. The topological polar surface area (TPSA) is 64.5 Å². The first-order chi connectivity index (χ1) is 22.5. The van der Waals surface area contributed by atoms with Crippen LogP contribution in [0.2, 0.25) is 0 Å². The number of hydrogen-bond donors (Lipinski definition) is 0. The van der Waals surface area contributed by atoms with Gasteiger partial charge in [0.05, 0.1) is 0 Å². The molecule has 4 rings (SSSR count). The maximum Gasteiger partial charge on any atom is 0.115 e. The van der Waals surface area contributed by atoms with Gasteiger partial charge in [-0.15, -0.1) is 0 Å². The van der Waals surface area contributed by atoms with E-state index in [0.29, 0.717) is 5.92 Å². The van der Waals surface area contributed by atoms with Gasteiger partial charge in [0.1, 0.15) is 6.33 Å². The zero-order chi connectivity index (χ0) is 38.2. The Morgan fingerprint density at radius 1 is 0.319 bits per heavy atom. The zero-order valence-corrected chi connectivity index (χ0v) is 34.4. The van der Waals surface area contributed by atoms with E-state index in [9.17, 15) is 0 Å². The number of hydrogen-bond acceptors (Lipinski definition) is 5. The van der Waals surface area contributed by atoms with E-state index in [4.69, 9.17) is 0 Å². The monoisotopic (exact) mass is 654 g/mol. The van der Waals surface area contributed by atoms with Gasteiger partial charge in [-0.2, -0.15) is 0 Å². The second-order valence-electron chi connectivity index (χ2n) is 10.6. The fourth-order valence-electron chi connectivity index (χ4n) is 1.66. The van der Waals surface area contributed by atoms with Gasteiger partial charge in [-0.25, -0.2) is 9.97 Å². The molecule has 4 aromatic rings. The van der Waals surface area contributed by atoms with Crippen LogP contribution in [-0.2, 0) is 0 Å². The first-order valence-electron chi connectivity index (χ1n) is 17.8. The minimum Gasteiger partial charge on any atom is -0.265 e. The Kier molecular flexibility index (Phi) is 77.2. The van der Waals surface area contributed by atoms with E-state index in [2.05, 4.69) is 125 Å². The van der Waals surface area contributed by atoms with Gasteiger partial charge in [0.2, 0.25) is 0 Å². The van der Waals surface area contributed by atoms with Gasteiger partial charge in [0, 0.05) is 49.6 Å². The summed E-state index contributed by atoms with van der Waals surface area (Å²) in [7, 11) is 0. The van der Waals surface area contributed by atoms with E-state index in [1.54, 1.807) is 55.6 Å². The maximum absolute atomic E-state index is 3.78. The quantitative estimate of drug-likeness (QED) is 0.204. The van der Waals surface area contributed by atoms with Crippen LogP contribution in [-0.4, -0.2) is 24.9 Å². The molecule has 0 unspecified atom stereocenters. The van der Waals surface area contributed by atoms with Crippen LogP contribution in [0.1, 0.15) is 143 Å². The Hall–Kier alpha value is -3.47. The van der Waals surface area contributed by atoms with Crippen molar-refractivity contribution in [3.63, 3.8) is 0 Å². The first kappa shape index (κ1) is 59.0. The largest absolute Gasteiger partial charge is 0.265 e. The molecule has 3 heterocycles. The number of benzene rings is 1. The zero-order valence-electron chi connectivity index (χ0n) is 34.4. The van der Waals surface area contributed by atoms with Crippen LogP contribution in [0.4, 0.5) is 0 Å². The molecule has 0 N–H and O–H groups in total. The molecular weight excluding hydrogens is 574 g/mol. The molecule has 0 aliphatic heterocycles. The van der Waals surface area contributed by atoms with E-state index in [1.807, 2.05) is 79.7 Å². The normalized spacial score (nSPS) is 7.81. The molecule has 0 spiro atoms. The predicted molar refractivity (Wildman–Crippen MR) is 216 cm³/mol. The third-order valence-corrected chi connectivity index (χ3v) is 2.99. The van der Waals surface area contributed by atoms with Gasteiger partial charge in [0.25, 0.3) is 0 Å². The Balaban J connectivity index is -0.0000000779. The fourth-order valence-corrected chi connectivity index (χ4v) is 1.66. The summed E-state index contributed by atoms with van der Waals surface area (Å²) in [5.74, 6) is 3.16. The Bertz CT molecular complexity index is 709. The predicted octanol–water partition coefficient (Wildman–Crippen LogP) is 13.9. The summed E-state index contributed by atoms with van der Waals surface area (Å²) in [5.41, 5.74) is 1.41. The summed E-state index contributed by atoms with van der Waals surface area (Å²) in [6, 6.07) is 18.0. The van der Waals surface area contributed by atoms with Crippen molar-refractivity contribution in [3.8, 4) is 0 Å². The van der Waals surface area contributed by atoms with Crippen LogP contribution in [0.5, 0.6) is 0 Å². The highest BCUT2D eigenvalue weighted by atomic mass is 14.8. The van der Waals surface area contributed by atoms with Gasteiger partial charge in [0.15, 0.2) is 0 Å². The van der Waals surface area contributed by atoms with E-state index in [1.165, 1.54) is 11.9 Å². The third-order valence-electron chi connectivity index (χ3n) is 2.99. The van der Waals surface area contributed by atoms with Crippen LogP contribution >= 0.6 is 0 Å². The van der Waals surface area contributed by atoms with Crippen molar-refractivity contribution >= 4 is 0 Å². The summed E-state index contributed by atoms with van der Waals surface area (Å²) in [4.78, 5) is 18.6. The van der Waals surface area contributed by atoms with Crippen molar-refractivity contribution in [2.75, 3.05) is 0 Å². The molecule has 0 aliphatic carbocycles. The van der Waals surface area contributed by atoms with Gasteiger partial charge >= 0.3 is 0 Å². The molecule has 0 amide bonds. The SMILES string of the molecule is CC.CC.CC.CC.CC(C)C.CC(C)C.CC(C)C.CC(C)c1ccccc1.c1ccncc1.c1cnccn1.c1cncnc1. The van der Waals surface area contributed by atoms with Gasteiger partial charge < -0.3 is 0 Å². The van der Waals surface area contributed by atoms with E-state index in [0.717, 1.165) is 17.8 Å². The minimum absolute atomic E-state index is 0.659. The lowest BCUT2D eigenvalue weighted by molar-refractivity contribution is 0.736. The highest BCUT2D eigenvalue weighted by Crippen LogP contribution is 2.11. The third kappa shape index (κ3) is 99.3. The van der Waals surface area contributed by atoms with E-state index >= 15 is 0 Å². The van der Waals surface area contributed by atoms with Crippen molar-refractivity contribution in [1.82, 2.24) is 24.9 Å². The van der Waals surface area contributed by atoms with Crippen molar-refractivity contribution in [2.45, 2.75) is 137 Å². The lowest BCUT2D eigenvalue weighted by Gasteiger charge is -2.01. The average Bonchev–Trinajstić information content (AvgIpc) is 3.11. The second kappa shape index (κ2) is 61.5. The van der Waals surface area contributed by atoms with Gasteiger partial charge in [-0.1, -0.05) is 168 Å². The summed E-state index contributed by atoms with van der Waals surface area (Å²) >= 11 is 0. The molecule has 47 heavy (non-hydrogen) atoms. The molecule has 0 radical (unpaired) electrons. The Labute approximate surface area is 295 Å². The second-order valence-corrected chi connectivity index (χ2v) is 10.6.